The highest BCUT2D eigenvalue weighted by Crippen LogP contribution is 2.14. The van der Waals surface area contributed by atoms with Gasteiger partial charge in [0.05, 0.1) is 12.8 Å². The Balaban J connectivity index is 1.50. The molecule has 1 aromatic carbocycles. The number of nitrogens with one attached hydrogen (secondary N) is 1. The highest BCUT2D eigenvalue weighted by molar-refractivity contribution is 6.02. The molecule has 1 saturated heterocycles. The van der Waals surface area contributed by atoms with Crippen molar-refractivity contribution in [3.05, 3.63) is 54.0 Å². The van der Waals surface area contributed by atoms with Crippen molar-refractivity contribution in [3.8, 4) is 0 Å². The molecule has 3 amide bonds. The maximum atomic E-state index is 12.8. The predicted octanol–water partition coefficient (Wildman–Crippen LogP) is 2.16. The number of furan rings is 1. The summed E-state index contributed by atoms with van der Waals surface area (Å²) in [7, 11) is 0. The molecule has 30 heavy (non-hydrogen) atoms. The minimum atomic E-state index is -0.338. The Labute approximate surface area is 176 Å². The summed E-state index contributed by atoms with van der Waals surface area (Å²) in [6.07, 6.45) is 1.44. The molecule has 2 aromatic rings. The van der Waals surface area contributed by atoms with E-state index in [-0.39, 0.29) is 23.5 Å². The molecule has 1 aromatic heterocycles. The fourth-order valence-electron chi connectivity index (χ4n) is 3.46. The number of carbonyl (C=O) groups excluding carboxylic acids is 3. The number of hydrogen-bond donors (Lipinski definition) is 1. The van der Waals surface area contributed by atoms with Crippen molar-refractivity contribution in [1.82, 2.24) is 14.7 Å². The van der Waals surface area contributed by atoms with Crippen LogP contribution in [0.4, 0.5) is 5.69 Å². The summed E-state index contributed by atoms with van der Waals surface area (Å²) >= 11 is 0. The Bertz CT molecular complexity index is 852. The smallest absolute Gasteiger partial charge is 0.291 e. The fourth-order valence-corrected chi connectivity index (χ4v) is 3.46. The molecule has 3 rings (SSSR count). The Morgan fingerprint density at radius 2 is 1.67 bits per heavy atom. The number of amides is 3. The van der Waals surface area contributed by atoms with Crippen molar-refractivity contribution in [2.24, 2.45) is 0 Å². The molecule has 0 unspecified atom stereocenters. The summed E-state index contributed by atoms with van der Waals surface area (Å²) in [5, 5.41) is 2.73. The zero-order valence-electron chi connectivity index (χ0n) is 17.5. The third kappa shape index (κ3) is 5.27. The quantitative estimate of drug-likeness (QED) is 0.753. The highest BCUT2D eigenvalue weighted by Gasteiger charge is 2.24. The van der Waals surface area contributed by atoms with Crippen LogP contribution >= 0.6 is 0 Å². The predicted molar refractivity (Wildman–Crippen MR) is 113 cm³/mol. The lowest BCUT2D eigenvalue weighted by atomic mass is 10.1. The summed E-state index contributed by atoms with van der Waals surface area (Å²) in [5.74, 6) is -0.0254. The van der Waals surface area contributed by atoms with Crippen LogP contribution in [0.5, 0.6) is 0 Å². The first kappa shape index (κ1) is 21.6. The van der Waals surface area contributed by atoms with E-state index in [0.29, 0.717) is 57.1 Å². The summed E-state index contributed by atoms with van der Waals surface area (Å²) in [4.78, 5) is 42.8. The first-order valence-electron chi connectivity index (χ1n) is 10.3. The first-order chi connectivity index (χ1) is 14.5. The molecule has 0 radical (unpaired) electrons. The molecular weight excluding hydrogens is 384 g/mol. The third-order valence-electron chi connectivity index (χ3n) is 5.27. The molecule has 0 saturated carbocycles. The van der Waals surface area contributed by atoms with Crippen LogP contribution in [0, 0.1) is 0 Å². The van der Waals surface area contributed by atoms with E-state index in [9.17, 15) is 14.4 Å². The topological polar surface area (TPSA) is 86.1 Å². The van der Waals surface area contributed by atoms with Gasteiger partial charge in [0.1, 0.15) is 0 Å². The van der Waals surface area contributed by atoms with E-state index in [1.165, 1.54) is 6.26 Å². The van der Waals surface area contributed by atoms with Gasteiger partial charge < -0.3 is 19.5 Å². The van der Waals surface area contributed by atoms with Crippen LogP contribution in [0.15, 0.2) is 47.1 Å². The molecule has 0 spiro atoms. The van der Waals surface area contributed by atoms with Gasteiger partial charge in [-0.2, -0.15) is 0 Å². The molecule has 8 heteroatoms. The fraction of sp³-hybridized carbons (Fsp3) is 0.409. The van der Waals surface area contributed by atoms with Crippen LogP contribution in [0.2, 0.25) is 0 Å². The van der Waals surface area contributed by atoms with Gasteiger partial charge in [-0.05, 0) is 50.2 Å². The number of hydrogen-bond acceptors (Lipinski definition) is 5. The van der Waals surface area contributed by atoms with Crippen molar-refractivity contribution in [3.63, 3.8) is 0 Å². The lowest BCUT2D eigenvalue weighted by molar-refractivity contribution is -0.132. The molecule has 0 bridgehead atoms. The molecule has 1 fully saturated rings. The van der Waals surface area contributed by atoms with Crippen molar-refractivity contribution in [2.75, 3.05) is 51.1 Å². The Hall–Kier alpha value is -3.13. The average Bonchev–Trinajstić information content (AvgIpc) is 3.30. The minimum Gasteiger partial charge on any atom is -0.459 e. The maximum absolute atomic E-state index is 12.8. The number of carbonyl (C=O) groups is 3. The normalized spacial score (nSPS) is 14.4. The number of piperazine rings is 1. The second kappa shape index (κ2) is 10.1. The molecule has 2 heterocycles. The van der Waals surface area contributed by atoms with Gasteiger partial charge in [-0.1, -0.05) is 0 Å². The van der Waals surface area contributed by atoms with Gasteiger partial charge in [0.25, 0.3) is 11.8 Å². The van der Waals surface area contributed by atoms with Crippen LogP contribution in [-0.4, -0.2) is 78.2 Å². The molecule has 1 aliphatic heterocycles. The number of anilines is 1. The van der Waals surface area contributed by atoms with Crippen LogP contribution in [0.3, 0.4) is 0 Å². The summed E-state index contributed by atoms with van der Waals surface area (Å²) in [5.41, 5.74) is 1.16. The van der Waals surface area contributed by atoms with Gasteiger partial charge in [0.15, 0.2) is 5.76 Å². The van der Waals surface area contributed by atoms with E-state index >= 15 is 0 Å². The van der Waals surface area contributed by atoms with Crippen LogP contribution in [-0.2, 0) is 4.79 Å². The second-order valence-electron chi connectivity index (χ2n) is 7.14. The lowest BCUT2D eigenvalue weighted by Gasteiger charge is -2.35. The van der Waals surface area contributed by atoms with E-state index in [2.05, 4.69) is 10.2 Å². The highest BCUT2D eigenvalue weighted by atomic mass is 16.3. The average molecular weight is 412 g/mol. The van der Waals surface area contributed by atoms with Gasteiger partial charge in [-0.3, -0.25) is 19.3 Å². The summed E-state index contributed by atoms with van der Waals surface area (Å²) < 4.78 is 5.07. The summed E-state index contributed by atoms with van der Waals surface area (Å²) in [6, 6.07) is 10.0. The third-order valence-corrected chi connectivity index (χ3v) is 5.27. The van der Waals surface area contributed by atoms with Crippen molar-refractivity contribution >= 4 is 23.4 Å². The van der Waals surface area contributed by atoms with Crippen molar-refractivity contribution in [2.45, 2.75) is 13.8 Å². The van der Waals surface area contributed by atoms with E-state index in [0.717, 1.165) is 0 Å². The maximum Gasteiger partial charge on any atom is 0.291 e. The lowest BCUT2D eigenvalue weighted by Crippen LogP contribution is -2.51. The van der Waals surface area contributed by atoms with Crippen LogP contribution in [0.25, 0.3) is 0 Å². The SMILES string of the molecule is CCN(CC)C(=O)CN1CCN(C(=O)c2ccc(NC(=O)c3ccco3)cc2)CC1. The second-order valence-corrected chi connectivity index (χ2v) is 7.14. The molecule has 0 aliphatic carbocycles. The molecule has 160 valence electrons. The van der Waals surface area contributed by atoms with E-state index < -0.39 is 0 Å². The first-order valence-corrected chi connectivity index (χ1v) is 10.3. The number of likely N-dealkylation sites (N-methyl/N-ethyl adjacent to an activating group) is 1. The Kier molecular flexibility index (Phi) is 7.24. The Morgan fingerprint density at radius 1 is 1.00 bits per heavy atom. The van der Waals surface area contributed by atoms with E-state index in [1.807, 2.05) is 18.7 Å². The van der Waals surface area contributed by atoms with E-state index in [4.69, 9.17) is 4.42 Å². The number of benzene rings is 1. The number of rotatable bonds is 7. The zero-order chi connectivity index (χ0) is 21.5. The Morgan fingerprint density at radius 3 is 2.23 bits per heavy atom. The van der Waals surface area contributed by atoms with Crippen LogP contribution < -0.4 is 5.32 Å². The molecule has 8 nitrogen and oxygen atoms in total. The number of nitrogens with zero attached hydrogens (tertiary/aromatic N) is 3. The van der Waals surface area contributed by atoms with Gasteiger partial charge >= 0.3 is 0 Å². The monoisotopic (exact) mass is 412 g/mol. The van der Waals surface area contributed by atoms with Crippen LogP contribution in [0.1, 0.15) is 34.8 Å². The molecular formula is C22H28N4O4. The minimum absolute atomic E-state index is 0.0476. The molecule has 1 aliphatic rings. The van der Waals surface area contributed by atoms with Crippen molar-refractivity contribution < 1.29 is 18.8 Å². The van der Waals surface area contributed by atoms with Crippen molar-refractivity contribution in [1.29, 1.82) is 0 Å². The van der Waals surface area contributed by atoms with Gasteiger partial charge in [0, 0.05) is 50.5 Å². The van der Waals surface area contributed by atoms with E-state index in [1.54, 1.807) is 41.3 Å². The molecule has 1 N–H and O–H groups in total. The van der Waals surface area contributed by atoms with Gasteiger partial charge in [-0.25, -0.2) is 0 Å². The van der Waals surface area contributed by atoms with Gasteiger partial charge in [-0.15, -0.1) is 0 Å². The molecule has 0 atom stereocenters. The standard InChI is InChI=1S/C22H28N4O4/c1-3-25(4-2)20(27)16-24-11-13-26(14-12-24)22(29)17-7-9-18(10-8-17)23-21(28)19-6-5-15-30-19/h5-10,15H,3-4,11-14,16H2,1-2H3,(H,23,28). The van der Waals surface area contributed by atoms with Gasteiger partial charge in [0.2, 0.25) is 5.91 Å². The summed E-state index contributed by atoms with van der Waals surface area (Å²) in [6.45, 7) is 8.30. The zero-order valence-corrected chi connectivity index (χ0v) is 17.5. The largest absolute Gasteiger partial charge is 0.459 e.